The smallest absolute Gasteiger partial charge is 0.340 e. The van der Waals surface area contributed by atoms with Crippen LogP contribution in [0.4, 0.5) is 4.39 Å². The van der Waals surface area contributed by atoms with Crippen LogP contribution in [0.1, 0.15) is 39.0 Å². The fourth-order valence-electron chi connectivity index (χ4n) is 3.11. The van der Waals surface area contributed by atoms with Crippen LogP contribution >= 0.6 is 11.8 Å². The van der Waals surface area contributed by atoms with Crippen LogP contribution in [-0.2, 0) is 11.8 Å². The first-order valence-corrected chi connectivity index (χ1v) is 10.00. The fourth-order valence-corrected chi connectivity index (χ4v) is 3.89. The molecule has 0 atom stereocenters. The van der Waals surface area contributed by atoms with E-state index in [1.165, 1.54) is 17.8 Å². The van der Waals surface area contributed by atoms with Gasteiger partial charge in [0.25, 0.3) is 0 Å². The Labute approximate surface area is 171 Å². The van der Waals surface area contributed by atoms with Crippen molar-refractivity contribution in [1.82, 2.24) is 19.7 Å². The number of aryl methyl sites for hydroxylation is 2. The number of hydrogen-bond acceptors (Lipinski definition) is 6. The lowest BCUT2D eigenvalue weighted by molar-refractivity contribution is 0.0522. The number of H-pyrrole nitrogens is 1. The SMILES string of the molecule is CCOC(=O)c1c(C)[nH]c(C)c1C(=O)CSc1nnc(-c2ccccc2F)n1C. The number of nitrogens with zero attached hydrogens (tertiary/aromatic N) is 3. The van der Waals surface area contributed by atoms with Crippen molar-refractivity contribution in [3.63, 3.8) is 0 Å². The lowest BCUT2D eigenvalue weighted by Gasteiger charge is -2.06. The molecule has 0 amide bonds. The van der Waals surface area contributed by atoms with Gasteiger partial charge in [-0.15, -0.1) is 10.2 Å². The Morgan fingerprint density at radius 1 is 1.17 bits per heavy atom. The number of carbonyl (C=O) groups excluding carboxylic acids is 2. The van der Waals surface area contributed by atoms with Gasteiger partial charge in [0.05, 0.1) is 29.1 Å². The summed E-state index contributed by atoms with van der Waals surface area (Å²) in [5, 5.41) is 8.59. The molecule has 0 saturated heterocycles. The van der Waals surface area contributed by atoms with E-state index < -0.39 is 11.8 Å². The number of aromatic nitrogens is 4. The summed E-state index contributed by atoms with van der Waals surface area (Å²) in [5.41, 5.74) is 2.13. The van der Waals surface area contributed by atoms with Crippen LogP contribution in [0.25, 0.3) is 11.4 Å². The number of esters is 1. The van der Waals surface area contributed by atoms with Gasteiger partial charge in [0.15, 0.2) is 16.8 Å². The fraction of sp³-hybridized carbons (Fsp3) is 0.300. The normalized spacial score (nSPS) is 10.9. The largest absolute Gasteiger partial charge is 0.462 e. The first-order chi connectivity index (χ1) is 13.8. The Hall–Kier alpha value is -2.94. The maximum absolute atomic E-state index is 14.0. The van der Waals surface area contributed by atoms with Crippen molar-refractivity contribution in [2.75, 3.05) is 12.4 Å². The van der Waals surface area contributed by atoms with Gasteiger partial charge in [-0.1, -0.05) is 23.9 Å². The molecule has 2 heterocycles. The zero-order valence-corrected chi connectivity index (χ0v) is 17.4. The monoisotopic (exact) mass is 416 g/mol. The van der Waals surface area contributed by atoms with E-state index in [9.17, 15) is 14.0 Å². The minimum Gasteiger partial charge on any atom is -0.462 e. The summed E-state index contributed by atoms with van der Waals surface area (Å²) < 4.78 is 20.8. The zero-order valence-electron chi connectivity index (χ0n) is 16.6. The molecule has 0 aliphatic rings. The Morgan fingerprint density at radius 3 is 2.55 bits per heavy atom. The molecule has 1 N–H and O–H groups in total. The molecule has 0 spiro atoms. The average Bonchev–Trinajstić information content (AvgIpc) is 3.19. The van der Waals surface area contributed by atoms with Crippen molar-refractivity contribution in [2.45, 2.75) is 25.9 Å². The van der Waals surface area contributed by atoms with E-state index >= 15 is 0 Å². The third-order valence-electron chi connectivity index (χ3n) is 4.42. The summed E-state index contributed by atoms with van der Waals surface area (Å²) in [4.78, 5) is 28.2. The maximum Gasteiger partial charge on any atom is 0.340 e. The second kappa shape index (κ2) is 8.60. The van der Waals surface area contributed by atoms with Crippen LogP contribution < -0.4 is 0 Å². The number of benzene rings is 1. The van der Waals surface area contributed by atoms with E-state index in [1.54, 1.807) is 50.6 Å². The summed E-state index contributed by atoms with van der Waals surface area (Å²) in [7, 11) is 1.71. The van der Waals surface area contributed by atoms with E-state index in [0.717, 1.165) is 0 Å². The number of Topliss-reactive ketones (excluding diaryl/α,β-unsaturated/α-hetero) is 1. The number of hydrogen-bond donors (Lipinski definition) is 1. The van der Waals surface area contributed by atoms with Gasteiger partial charge in [0.2, 0.25) is 0 Å². The highest BCUT2D eigenvalue weighted by Gasteiger charge is 2.26. The van der Waals surface area contributed by atoms with Crippen molar-refractivity contribution >= 4 is 23.5 Å². The van der Waals surface area contributed by atoms with Gasteiger partial charge in [-0.3, -0.25) is 4.79 Å². The maximum atomic E-state index is 14.0. The molecule has 7 nitrogen and oxygen atoms in total. The van der Waals surface area contributed by atoms with E-state index in [-0.39, 0.29) is 23.7 Å². The van der Waals surface area contributed by atoms with Gasteiger partial charge < -0.3 is 14.3 Å². The van der Waals surface area contributed by atoms with Crippen molar-refractivity contribution in [3.05, 3.63) is 52.6 Å². The molecule has 1 aromatic carbocycles. The second-order valence-electron chi connectivity index (χ2n) is 6.40. The molecule has 0 aliphatic heterocycles. The summed E-state index contributed by atoms with van der Waals surface area (Å²) in [6, 6.07) is 6.30. The van der Waals surface area contributed by atoms with Crippen molar-refractivity contribution in [2.24, 2.45) is 7.05 Å². The van der Waals surface area contributed by atoms with Crippen LogP contribution in [0, 0.1) is 19.7 Å². The van der Waals surface area contributed by atoms with Crippen LogP contribution in [0.3, 0.4) is 0 Å². The number of ether oxygens (including phenoxy) is 1. The van der Waals surface area contributed by atoms with Crippen molar-refractivity contribution in [1.29, 1.82) is 0 Å². The highest BCUT2D eigenvalue weighted by Crippen LogP contribution is 2.27. The number of aromatic amines is 1. The van der Waals surface area contributed by atoms with Crippen molar-refractivity contribution < 1.29 is 18.7 Å². The number of carbonyl (C=O) groups is 2. The molecular weight excluding hydrogens is 395 g/mol. The van der Waals surface area contributed by atoms with Gasteiger partial charge in [0, 0.05) is 18.4 Å². The minimum atomic E-state index is -0.525. The Balaban J connectivity index is 1.81. The van der Waals surface area contributed by atoms with E-state index in [1.807, 2.05) is 0 Å². The van der Waals surface area contributed by atoms with Crippen molar-refractivity contribution in [3.8, 4) is 11.4 Å². The van der Waals surface area contributed by atoms with E-state index in [0.29, 0.717) is 33.5 Å². The molecule has 0 fully saturated rings. The summed E-state index contributed by atoms with van der Waals surface area (Å²) in [5.74, 6) is -0.723. The standard InChI is InChI=1S/C20H21FN4O3S/c1-5-28-19(27)17-12(3)22-11(2)16(17)15(26)10-29-20-24-23-18(25(20)4)13-8-6-7-9-14(13)21/h6-9,22H,5,10H2,1-4H3. The molecule has 0 unspecified atom stereocenters. The van der Waals surface area contributed by atoms with Gasteiger partial charge in [0.1, 0.15) is 5.82 Å². The van der Waals surface area contributed by atoms with E-state index in [2.05, 4.69) is 15.2 Å². The number of thioether (sulfide) groups is 1. The van der Waals surface area contributed by atoms with Gasteiger partial charge in [-0.2, -0.15) is 0 Å². The quantitative estimate of drug-likeness (QED) is 0.359. The predicted octanol–water partition coefficient (Wildman–Crippen LogP) is 3.72. The Morgan fingerprint density at radius 2 is 1.86 bits per heavy atom. The third kappa shape index (κ3) is 4.09. The lowest BCUT2D eigenvalue weighted by Crippen LogP contribution is -2.13. The molecule has 2 aromatic heterocycles. The predicted molar refractivity (Wildman–Crippen MR) is 108 cm³/mol. The third-order valence-corrected chi connectivity index (χ3v) is 5.44. The molecule has 0 saturated carbocycles. The summed E-state index contributed by atoms with van der Waals surface area (Å²) in [6.07, 6.45) is 0. The highest BCUT2D eigenvalue weighted by molar-refractivity contribution is 7.99. The molecule has 0 radical (unpaired) electrons. The molecule has 152 valence electrons. The lowest BCUT2D eigenvalue weighted by atomic mass is 10.1. The van der Waals surface area contributed by atoms with E-state index in [4.69, 9.17) is 4.74 Å². The molecular formula is C20H21FN4O3S. The Bertz CT molecular complexity index is 1070. The van der Waals surface area contributed by atoms with Crippen LogP contribution in [-0.4, -0.2) is 43.9 Å². The summed E-state index contributed by atoms with van der Waals surface area (Å²) >= 11 is 1.17. The van der Waals surface area contributed by atoms with Crippen LogP contribution in [0.5, 0.6) is 0 Å². The topological polar surface area (TPSA) is 89.9 Å². The first kappa shape index (κ1) is 20.8. The molecule has 29 heavy (non-hydrogen) atoms. The average molecular weight is 416 g/mol. The molecule has 3 rings (SSSR count). The molecule has 9 heteroatoms. The Kier molecular flexibility index (Phi) is 6.17. The number of rotatable bonds is 7. The van der Waals surface area contributed by atoms with Crippen LogP contribution in [0.2, 0.25) is 0 Å². The van der Waals surface area contributed by atoms with Gasteiger partial charge in [-0.05, 0) is 32.9 Å². The number of halogens is 1. The molecule has 0 aliphatic carbocycles. The number of ketones is 1. The van der Waals surface area contributed by atoms with Gasteiger partial charge in [-0.25, -0.2) is 9.18 Å². The number of nitrogens with one attached hydrogen (secondary N) is 1. The summed E-state index contributed by atoms with van der Waals surface area (Å²) in [6.45, 7) is 5.41. The minimum absolute atomic E-state index is 0.0494. The molecule has 0 bridgehead atoms. The zero-order chi connectivity index (χ0) is 21.1. The van der Waals surface area contributed by atoms with Gasteiger partial charge >= 0.3 is 5.97 Å². The van der Waals surface area contributed by atoms with Crippen LogP contribution in [0.15, 0.2) is 29.4 Å². The highest BCUT2D eigenvalue weighted by atomic mass is 32.2. The molecule has 3 aromatic rings. The first-order valence-electron chi connectivity index (χ1n) is 9.01. The second-order valence-corrected chi connectivity index (χ2v) is 7.34.